The van der Waals surface area contributed by atoms with E-state index in [-0.39, 0.29) is 52.0 Å². The predicted octanol–water partition coefficient (Wildman–Crippen LogP) is 4.44. The van der Waals surface area contributed by atoms with Crippen LogP contribution in [0, 0.1) is 5.92 Å². The van der Waals surface area contributed by atoms with Gasteiger partial charge in [0.15, 0.2) is 17.3 Å². The van der Waals surface area contributed by atoms with E-state index in [1.165, 1.54) is 27.4 Å². The molecule has 0 amide bonds. The lowest BCUT2D eigenvalue weighted by molar-refractivity contribution is -0.140. The van der Waals surface area contributed by atoms with E-state index >= 15 is 0 Å². The van der Waals surface area contributed by atoms with Crippen LogP contribution in [0.15, 0.2) is 47.7 Å². The van der Waals surface area contributed by atoms with Crippen LogP contribution in [-0.4, -0.2) is 49.6 Å². The highest BCUT2D eigenvalue weighted by Crippen LogP contribution is 2.55. The van der Waals surface area contributed by atoms with Crippen LogP contribution in [0.4, 0.5) is 0 Å². The van der Waals surface area contributed by atoms with Gasteiger partial charge in [-0.05, 0) is 5.56 Å². The van der Waals surface area contributed by atoms with Crippen LogP contribution in [0.25, 0.3) is 0 Å². The Bertz CT molecular complexity index is 1240. The highest BCUT2D eigenvalue weighted by molar-refractivity contribution is 6.35. The lowest BCUT2D eigenvalue weighted by Crippen LogP contribution is -2.53. The van der Waals surface area contributed by atoms with E-state index in [1.807, 2.05) is 0 Å². The van der Waals surface area contributed by atoms with Crippen molar-refractivity contribution in [2.45, 2.75) is 31.3 Å². The lowest BCUT2D eigenvalue weighted by atomic mass is 9.69. The summed E-state index contributed by atoms with van der Waals surface area (Å²) in [5.74, 6) is -3.29. The van der Waals surface area contributed by atoms with Crippen molar-refractivity contribution in [2.24, 2.45) is 5.92 Å². The summed E-state index contributed by atoms with van der Waals surface area (Å²) >= 11 is 6.47. The number of ether oxygens (including phenoxy) is 4. The van der Waals surface area contributed by atoms with Crippen LogP contribution in [0.2, 0.25) is 5.02 Å². The number of aliphatic hydroxyl groups excluding tert-OH is 1. The van der Waals surface area contributed by atoms with Gasteiger partial charge in [-0.15, -0.1) is 0 Å². The molecule has 1 N–H and O–H groups in total. The molecule has 1 aliphatic carbocycles. The molecule has 0 saturated heterocycles. The number of Topliss-reactive ketones (excluding diaryl/α,β-unsaturated/α-hetero) is 2. The van der Waals surface area contributed by atoms with Crippen LogP contribution in [-0.2, 0) is 14.3 Å². The summed E-state index contributed by atoms with van der Waals surface area (Å²) in [6.07, 6.45) is -0.310. The molecule has 2 aliphatic rings. The fraction of sp³-hybridized carbons (Fsp3) is 0.346. The molecule has 0 aromatic heterocycles. The summed E-state index contributed by atoms with van der Waals surface area (Å²) in [5.41, 5.74) is -1.33. The Hall–Kier alpha value is -3.52. The van der Waals surface area contributed by atoms with Gasteiger partial charge in [-0.2, -0.15) is 0 Å². The van der Waals surface area contributed by atoms with Gasteiger partial charge < -0.3 is 24.1 Å². The number of esters is 1. The molecule has 8 nitrogen and oxygen atoms in total. The van der Waals surface area contributed by atoms with E-state index in [9.17, 15) is 19.5 Å². The Morgan fingerprint density at radius 1 is 1.17 bits per heavy atom. The van der Waals surface area contributed by atoms with Gasteiger partial charge in [-0.3, -0.25) is 14.4 Å². The van der Waals surface area contributed by atoms with Crippen LogP contribution in [0.1, 0.15) is 41.6 Å². The van der Waals surface area contributed by atoms with E-state index in [2.05, 4.69) is 0 Å². The summed E-state index contributed by atoms with van der Waals surface area (Å²) in [4.78, 5) is 39.5. The monoisotopic (exact) mass is 500 g/mol. The molecule has 35 heavy (non-hydrogen) atoms. The Morgan fingerprint density at radius 3 is 2.43 bits per heavy atom. The number of aliphatic hydroxyl groups is 1. The fourth-order valence-corrected chi connectivity index (χ4v) is 5.13. The molecule has 0 bridgehead atoms. The third-order valence-corrected chi connectivity index (χ3v) is 7.02. The van der Waals surface area contributed by atoms with Crippen LogP contribution < -0.4 is 14.2 Å². The second-order valence-electron chi connectivity index (χ2n) is 8.50. The van der Waals surface area contributed by atoms with E-state index < -0.39 is 34.9 Å². The summed E-state index contributed by atoms with van der Waals surface area (Å²) in [6, 6.07) is 10.2. The molecule has 9 heteroatoms. The van der Waals surface area contributed by atoms with Crippen LogP contribution in [0.5, 0.6) is 17.2 Å². The minimum atomic E-state index is -1.92. The number of methoxy groups -OCH3 is 3. The molecule has 2 aromatic carbocycles. The van der Waals surface area contributed by atoms with Crippen molar-refractivity contribution in [3.63, 3.8) is 0 Å². The topological polar surface area (TPSA) is 108 Å². The standard InChI is InChI=1S/C26H25ClO8/c1-13-10-16(28)20(15(11-19(29)34-4)14-8-6-5-7-9-14)24(30)26(13)25(31)21-17(32-2)12-18(33-3)22(27)23(21)35-26/h5-9,12-13,15,30H,10-11H2,1-4H3/t13-,15-,26+/m1/s1. The van der Waals surface area contributed by atoms with E-state index in [1.54, 1.807) is 37.3 Å². The SMILES string of the molecule is COC(=O)C[C@@H](C1=C(O)[C@@]2(Oc3c(Cl)c(OC)cc(OC)c3C2=O)[C@H](C)CC1=O)c1ccccc1. The zero-order chi connectivity index (χ0) is 25.5. The molecule has 4 rings (SSSR count). The first kappa shape index (κ1) is 24.6. The number of halogens is 1. The number of allylic oxidation sites excluding steroid dienone is 1. The third-order valence-electron chi connectivity index (χ3n) is 6.66. The quantitative estimate of drug-likeness (QED) is 0.580. The molecule has 1 heterocycles. The molecule has 1 spiro atoms. The highest BCUT2D eigenvalue weighted by Gasteiger charge is 2.61. The average molecular weight is 501 g/mol. The maximum absolute atomic E-state index is 13.9. The smallest absolute Gasteiger partial charge is 0.306 e. The predicted molar refractivity (Wildman–Crippen MR) is 127 cm³/mol. The van der Waals surface area contributed by atoms with Gasteiger partial charge in [0.05, 0.1) is 27.8 Å². The van der Waals surface area contributed by atoms with E-state index in [0.717, 1.165) is 0 Å². The molecule has 184 valence electrons. The number of fused-ring (bicyclic) bond motifs is 1. The first-order valence-electron chi connectivity index (χ1n) is 11.0. The number of rotatable bonds is 6. The van der Waals surface area contributed by atoms with E-state index in [0.29, 0.717) is 5.56 Å². The van der Waals surface area contributed by atoms with Gasteiger partial charge in [0.25, 0.3) is 0 Å². The molecular formula is C26H25ClO8. The molecule has 0 saturated carbocycles. The first-order valence-corrected chi connectivity index (χ1v) is 11.4. The number of carbonyl (C=O) groups excluding carboxylic acids is 3. The van der Waals surface area contributed by atoms with Crippen molar-refractivity contribution in [1.29, 1.82) is 0 Å². The van der Waals surface area contributed by atoms with Gasteiger partial charge in [-0.1, -0.05) is 48.9 Å². The van der Waals surface area contributed by atoms with Crippen LogP contribution >= 0.6 is 11.6 Å². The van der Waals surface area contributed by atoms with Crippen molar-refractivity contribution >= 4 is 29.1 Å². The molecule has 0 fully saturated rings. The second kappa shape index (κ2) is 9.26. The van der Waals surface area contributed by atoms with Crippen molar-refractivity contribution in [3.05, 3.63) is 63.9 Å². The Balaban J connectivity index is 1.95. The lowest BCUT2D eigenvalue weighted by Gasteiger charge is -2.38. The molecule has 3 atom stereocenters. The zero-order valence-electron chi connectivity index (χ0n) is 19.7. The van der Waals surface area contributed by atoms with Crippen LogP contribution in [0.3, 0.4) is 0 Å². The highest BCUT2D eigenvalue weighted by atomic mass is 35.5. The number of hydrogen-bond acceptors (Lipinski definition) is 8. The van der Waals surface area contributed by atoms with E-state index in [4.69, 9.17) is 30.5 Å². The second-order valence-corrected chi connectivity index (χ2v) is 8.88. The summed E-state index contributed by atoms with van der Waals surface area (Å²) in [7, 11) is 4.04. The average Bonchev–Trinajstić information content (AvgIpc) is 3.17. The minimum Gasteiger partial charge on any atom is -0.507 e. The zero-order valence-corrected chi connectivity index (χ0v) is 20.5. The molecular weight excluding hydrogens is 476 g/mol. The number of carbonyl (C=O) groups is 3. The molecule has 2 aromatic rings. The van der Waals surface area contributed by atoms with Gasteiger partial charge in [0.1, 0.15) is 22.1 Å². The number of ketones is 2. The van der Waals surface area contributed by atoms with Gasteiger partial charge in [-0.25, -0.2) is 0 Å². The molecule has 1 aliphatic heterocycles. The van der Waals surface area contributed by atoms with Crippen molar-refractivity contribution in [3.8, 4) is 17.2 Å². The summed E-state index contributed by atoms with van der Waals surface area (Å²) in [6.45, 7) is 1.64. The summed E-state index contributed by atoms with van der Waals surface area (Å²) < 4.78 is 21.7. The third kappa shape index (κ3) is 3.72. The van der Waals surface area contributed by atoms with Crippen molar-refractivity contribution in [1.82, 2.24) is 0 Å². The molecule has 0 radical (unpaired) electrons. The van der Waals surface area contributed by atoms with Gasteiger partial charge in [0, 0.05) is 29.9 Å². The Morgan fingerprint density at radius 2 is 1.83 bits per heavy atom. The van der Waals surface area contributed by atoms with Crippen molar-refractivity contribution in [2.75, 3.05) is 21.3 Å². The maximum Gasteiger partial charge on any atom is 0.306 e. The summed E-state index contributed by atoms with van der Waals surface area (Å²) in [5, 5.41) is 11.7. The van der Waals surface area contributed by atoms with Gasteiger partial charge in [0.2, 0.25) is 11.4 Å². The van der Waals surface area contributed by atoms with Crippen molar-refractivity contribution < 1.29 is 38.4 Å². The number of hydrogen-bond donors (Lipinski definition) is 1. The number of benzene rings is 2. The normalized spacial score (nSPS) is 22.0. The largest absolute Gasteiger partial charge is 0.507 e. The Labute approximate surface area is 207 Å². The molecule has 0 unspecified atom stereocenters. The maximum atomic E-state index is 13.9. The Kier molecular flexibility index (Phi) is 6.51. The van der Waals surface area contributed by atoms with Gasteiger partial charge >= 0.3 is 5.97 Å². The first-order chi connectivity index (χ1) is 16.7. The fourth-order valence-electron chi connectivity index (χ4n) is 4.86. The minimum absolute atomic E-state index is 0.00388.